The fraction of sp³-hybridized carbons (Fsp3) is 0.500. The van der Waals surface area contributed by atoms with E-state index in [1.165, 1.54) is 6.07 Å². The van der Waals surface area contributed by atoms with Gasteiger partial charge in [0.25, 0.3) is 0 Å². The van der Waals surface area contributed by atoms with Crippen molar-refractivity contribution in [3.8, 4) is 5.75 Å². The van der Waals surface area contributed by atoms with E-state index in [1.54, 1.807) is 25.3 Å². The van der Waals surface area contributed by atoms with Crippen molar-refractivity contribution in [1.29, 1.82) is 0 Å². The Labute approximate surface area is 146 Å². The summed E-state index contributed by atoms with van der Waals surface area (Å²) in [5, 5.41) is 6.19. The normalized spacial score (nSPS) is 11.0. The zero-order valence-electron chi connectivity index (χ0n) is 12.6. The molecule has 8 heteroatoms. The molecule has 0 amide bonds. The average Bonchev–Trinajstić information content (AvgIpc) is 2.44. The monoisotopic (exact) mass is 429 g/mol. The van der Waals surface area contributed by atoms with E-state index in [9.17, 15) is 8.78 Å². The van der Waals surface area contributed by atoms with Gasteiger partial charge in [-0.25, -0.2) is 4.99 Å². The lowest BCUT2D eigenvalue weighted by Gasteiger charge is -2.11. The summed E-state index contributed by atoms with van der Waals surface area (Å²) >= 11 is 0. The first-order chi connectivity index (χ1) is 10.2. The van der Waals surface area contributed by atoms with Crippen LogP contribution >= 0.6 is 24.0 Å². The van der Waals surface area contributed by atoms with E-state index in [2.05, 4.69) is 20.4 Å². The first-order valence-electron chi connectivity index (χ1n) is 6.70. The minimum absolute atomic E-state index is 0. The molecular weight excluding hydrogens is 407 g/mol. The fourth-order valence-corrected chi connectivity index (χ4v) is 1.60. The van der Waals surface area contributed by atoms with Crippen LogP contribution in [0.25, 0.3) is 0 Å². The van der Waals surface area contributed by atoms with Crippen LogP contribution in [0.1, 0.15) is 12.5 Å². The Hall–Kier alpha value is -1.16. The summed E-state index contributed by atoms with van der Waals surface area (Å²) in [5.41, 5.74) is 0.789. The lowest BCUT2D eigenvalue weighted by molar-refractivity contribution is -0.0498. The number of rotatable bonds is 8. The lowest BCUT2D eigenvalue weighted by atomic mass is 10.2. The average molecular weight is 429 g/mol. The van der Waals surface area contributed by atoms with Gasteiger partial charge in [0.2, 0.25) is 0 Å². The molecule has 0 heterocycles. The Morgan fingerprint density at radius 3 is 2.73 bits per heavy atom. The molecule has 0 aromatic heterocycles. The first-order valence-corrected chi connectivity index (χ1v) is 6.70. The Morgan fingerprint density at radius 1 is 1.32 bits per heavy atom. The number of benzene rings is 1. The first kappa shape index (κ1) is 20.8. The van der Waals surface area contributed by atoms with Gasteiger partial charge in [-0.3, -0.25) is 0 Å². The van der Waals surface area contributed by atoms with Crippen LogP contribution in [0.15, 0.2) is 29.3 Å². The standard InChI is InChI=1S/C14H21F2N3O2.HI/c1-3-17-14(18-7-8-20-2)19-10-11-5-4-6-12(9-11)21-13(15)16;/h4-6,9,13H,3,7-8,10H2,1-2H3,(H2,17,18,19);1H. The van der Waals surface area contributed by atoms with E-state index in [0.717, 1.165) is 12.1 Å². The van der Waals surface area contributed by atoms with Crippen LogP contribution in [-0.4, -0.2) is 39.4 Å². The number of halogens is 3. The summed E-state index contributed by atoms with van der Waals surface area (Å²) in [5.74, 6) is 0.782. The second kappa shape index (κ2) is 12.4. The van der Waals surface area contributed by atoms with Gasteiger partial charge in [0, 0.05) is 20.2 Å². The lowest BCUT2D eigenvalue weighted by Crippen LogP contribution is -2.38. The summed E-state index contributed by atoms with van der Waals surface area (Å²) in [6, 6.07) is 6.50. The predicted molar refractivity (Wildman–Crippen MR) is 93.2 cm³/mol. The van der Waals surface area contributed by atoms with Crippen LogP contribution in [0.4, 0.5) is 8.78 Å². The highest BCUT2D eigenvalue weighted by molar-refractivity contribution is 14.0. The van der Waals surface area contributed by atoms with Gasteiger partial charge in [0.05, 0.1) is 13.2 Å². The molecule has 1 aromatic rings. The molecule has 0 spiro atoms. The zero-order valence-corrected chi connectivity index (χ0v) is 15.0. The van der Waals surface area contributed by atoms with Crippen molar-refractivity contribution in [2.24, 2.45) is 4.99 Å². The minimum Gasteiger partial charge on any atom is -0.435 e. The summed E-state index contributed by atoms with van der Waals surface area (Å²) in [7, 11) is 1.63. The number of aliphatic imine (C=N–C) groups is 1. The van der Waals surface area contributed by atoms with Gasteiger partial charge in [-0.05, 0) is 24.6 Å². The highest BCUT2D eigenvalue weighted by Crippen LogP contribution is 2.16. The second-order valence-corrected chi connectivity index (χ2v) is 4.14. The largest absolute Gasteiger partial charge is 0.435 e. The maximum Gasteiger partial charge on any atom is 0.387 e. The van der Waals surface area contributed by atoms with E-state index in [0.29, 0.717) is 25.7 Å². The molecule has 1 aromatic carbocycles. The summed E-state index contributed by atoms with van der Waals surface area (Å²) < 4.78 is 33.6. The van der Waals surface area contributed by atoms with Crippen LogP contribution in [0.5, 0.6) is 5.75 Å². The number of hydrogen-bond acceptors (Lipinski definition) is 3. The van der Waals surface area contributed by atoms with Gasteiger partial charge in [-0.15, -0.1) is 24.0 Å². The third-order valence-electron chi connectivity index (χ3n) is 2.49. The van der Waals surface area contributed by atoms with Gasteiger partial charge >= 0.3 is 6.61 Å². The second-order valence-electron chi connectivity index (χ2n) is 4.14. The van der Waals surface area contributed by atoms with Crippen LogP contribution in [0, 0.1) is 0 Å². The SMILES string of the molecule is CCNC(=NCc1cccc(OC(F)F)c1)NCCOC.I. The van der Waals surface area contributed by atoms with Crippen LogP contribution in [0.2, 0.25) is 0 Å². The van der Waals surface area contributed by atoms with Gasteiger partial charge in [-0.1, -0.05) is 12.1 Å². The molecule has 0 bridgehead atoms. The van der Waals surface area contributed by atoms with Crippen LogP contribution in [0.3, 0.4) is 0 Å². The van der Waals surface area contributed by atoms with Crippen LogP contribution < -0.4 is 15.4 Å². The van der Waals surface area contributed by atoms with E-state index < -0.39 is 6.61 Å². The Kier molecular flexibility index (Phi) is 11.7. The smallest absolute Gasteiger partial charge is 0.387 e. The molecule has 0 radical (unpaired) electrons. The highest BCUT2D eigenvalue weighted by atomic mass is 127. The van der Waals surface area contributed by atoms with E-state index >= 15 is 0 Å². The zero-order chi connectivity index (χ0) is 15.5. The number of ether oxygens (including phenoxy) is 2. The van der Waals surface area contributed by atoms with Gasteiger partial charge in [-0.2, -0.15) is 8.78 Å². The van der Waals surface area contributed by atoms with Crippen molar-refractivity contribution in [2.75, 3.05) is 26.8 Å². The van der Waals surface area contributed by atoms with Crippen molar-refractivity contribution in [1.82, 2.24) is 10.6 Å². The molecule has 0 aliphatic carbocycles. The Morgan fingerprint density at radius 2 is 2.09 bits per heavy atom. The molecule has 0 aliphatic rings. The van der Waals surface area contributed by atoms with E-state index in [1.807, 2.05) is 6.92 Å². The fourth-order valence-electron chi connectivity index (χ4n) is 1.60. The summed E-state index contributed by atoms with van der Waals surface area (Å²) in [6.45, 7) is 1.44. The molecule has 0 saturated carbocycles. The van der Waals surface area contributed by atoms with Crippen molar-refractivity contribution < 1.29 is 18.3 Å². The molecular formula is C14H22F2IN3O2. The molecule has 0 saturated heterocycles. The molecule has 22 heavy (non-hydrogen) atoms. The van der Waals surface area contributed by atoms with Crippen molar-refractivity contribution in [2.45, 2.75) is 20.1 Å². The third-order valence-corrected chi connectivity index (χ3v) is 2.49. The topological polar surface area (TPSA) is 54.9 Å². The van der Waals surface area contributed by atoms with Crippen LogP contribution in [-0.2, 0) is 11.3 Å². The van der Waals surface area contributed by atoms with Crippen molar-refractivity contribution in [3.63, 3.8) is 0 Å². The number of nitrogens with zero attached hydrogens (tertiary/aromatic N) is 1. The molecule has 5 nitrogen and oxygen atoms in total. The number of methoxy groups -OCH3 is 1. The Bertz CT molecular complexity index is 448. The predicted octanol–water partition coefficient (Wildman–Crippen LogP) is 2.61. The Balaban J connectivity index is 0.00000441. The molecule has 1 rings (SSSR count). The maximum atomic E-state index is 12.2. The molecule has 0 unspecified atom stereocenters. The van der Waals surface area contributed by atoms with E-state index in [4.69, 9.17) is 4.74 Å². The molecule has 0 aliphatic heterocycles. The maximum absolute atomic E-state index is 12.2. The highest BCUT2D eigenvalue weighted by Gasteiger charge is 2.04. The van der Waals surface area contributed by atoms with Crippen molar-refractivity contribution in [3.05, 3.63) is 29.8 Å². The molecule has 2 N–H and O–H groups in total. The number of alkyl halides is 2. The molecule has 0 fully saturated rings. The van der Waals surface area contributed by atoms with Gasteiger partial charge in [0.15, 0.2) is 5.96 Å². The summed E-state index contributed by atoms with van der Waals surface area (Å²) in [4.78, 5) is 4.37. The summed E-state index contributed by atoms with van der Waals surface area (Å²) in [6.07, 6.45) is 0. The molecule has 126 valence electrons. The van der Waals surface area contributed by atoms with Crippen molar-refractivity contribution >= 4 is 29.9 Å². The molecule has 0 atom stereocenters. The third kappa shape index (κ3) is 8.98. The van der Waals surface area contributed by atoms with E-state index in [-0.39, 0.29) is 29.7 Å². The van der Waals surface area contributed by atoms with Gasteiger partial charge < -0.3 is 20.1 Å². The minimum atomic E-state index is -2.82. The van der Waals surface area contributed by atoms with Gasteiger partial charge in [0.1, 0.15) is 5.75 Å². The quantitative estimate of drug-likeness (QED) is 0.289. The number of guanidine groups is 1. The number of nitrogens with one attached hydrogen (secondary N) is 2. The number of hydrogen-bond donors (Lipinski definition) is 2.